The van der Waals surface area contributed by atoms with Crippen molar-refractivity contribution in [2.24, 2.45) is 5.92 Å². The Kier molecular flexibility index (Phi) is 5.53. The Balaban J connectivity index is 2.02. The summed E-state index contributed by atoms with van der Waals surface area (Å²) >= 11 is 13.3. The number of rotatable bonds is 4. The zero-order valence-electron chi connectivity index (χ0n) is 12.5. The third kappa shape index (κ3) is 3.53. The van der Waals surface area contributed by atoms with Gasteiger partial charge in [-0.2, -0.15) is 0 Å². The van der Waals surface area contributed by atoms with E-state index in [0.717, 1.165) is 19.3 Å². The predicted molar refractivity (Wildman–Crippen MR) is 88.0 cm³/mol. The molecule has 3 nitrogen and oxygen atoms in total. The predicted octanol–water partition coefficient (Wildman–Crippen LogP) is 3.32. The normalized spacial score (nSPS) is 29.4. The minimum atomic E-state index is -0.607. The van der Waals surface area contributed by atoms with Gasteiger partial charge in [0.15, 0.2) is 0 Å². The molecule has 0 saturated heterocycles. The van der Waals surface area contributed by atoms with E-state index < -0.39 is 5.00 Å². The maximum atomic E-state index is 12.1. The zero-order valence-corrected chi connectivity index (χ0v) is 14.0. The first-order valence-electron chi connectivity index (χ1n) is 7.30. The second-order valence-electron chi connectivity index (χ2n) is 5.79. The van der Waals surface area contributed by atoms with Gasteiger partial charge in [0.25, 0.3) is 5.91 Å². The summed E-state index contributed by atoms with van der Waals surface area (Å²) in [5.74, 6) is 0.0724. The number of benzene rings is 1. The Morgan fingerprint density at radius 2 is 2.00 bits per heavy atom. The van der Waals surface area contributed by atoms with E-state index in [0.29, 0.717) is 12.1 Å². The molecule has 116 valence electrons. The van der Waals surface area contributed by atoms with Gasteiger partial charge >= 0.3 is 0 Å². The Labute approximate surface area is 136 Å². The number of carbonyl (C=O) groups is 1. The van der Waals surface area contributed by atoms with Crippen LogP contribution in [-0.2, 0) is 0 Å². The molecular formula is C16H22Cl2N2O. The lowest BCUT2D eigenvalue weighted by atomic mass is 9.82. The molecule has 2 rings (SSSR count). The third-order valence-corrected chi connectivity index (χ3v) is 5.83. The largest absolute Gasteiger partial charge is 0.352 e. The van der Waals surface area contributed by atoms with Crippen molar-refractivity contribution in [1.82, 2.24) is 10.2 Å². The number of nitrogens with zero attached hydrogens (tertiary/aromatic N) is 1. The van der Waals surface area contributed by atoms with Crippen molar-refractivity contribution in [2.75, 3.05) is 20.6 Å². The maximum absolute atomic E-state index is 12.1. The van der Waals surface area contributed by atoms with Crippen molar-refractivity contribution in [3.05, 3.63) is 35.9 Å². The van der Waals surface area contributed by atoms with Gasteiger partial charge in [0.2, 0.25) is 0 Å². The van der Waals surface area contributed by atoms with Gasteiger partial charge in [-0.05, 0) is 39.1 Å². The fourth-order valence-corrected chi connectivity index (χ4v) is 3.83. The molecule has 1 saturated carbocycles. The molecule has 1 N–H and O–H groups in total. The highest BCUT2D eigenvalue weighted by molar-refractivity contribution is 6.32. The molecule has 1 aliphatic rings. The standard InChI is InChI=1S/C16H22Cl2N2O/c1-20(2)16(18)13(9-6-10-14(16)17)11-19-15(21)12-7-4-3-5-8-12/h3-5,7-8,13-14H,6,9-11H2,1-2H3,(H,19,21). The second-order valence-corrected chi connectivity index (χ2v) is 6.93. The van der Waals surface area contributed by atoms with Crippen molar-refractivity contribution in [3.63, 3.8) is 0 Å². The van der Waals surface area contributed by atoms with Crippen LogP contribution in [0.1, 0.15) is 29.6 Å². The van der Waals surface area contributed by atoms with Crippen molar-refractivity contribution in [3.8, 4) is 0 Å². The highest BCUT2D eigenvalue weighted by atomic mass is 35.5. The lowest BCUT2D eigenvalue weighted by Gasteiger charge is -2.47. The van der Waals surface area contributed by atoms with Crippen LogP contribution < -0.4 is 5.32 Å². The molecule has 1 aliphatic carbocycles. The van der Waals surface area contributed by atoms with E-state index in [2.05, 4.69) is 5.32 Å². The molecular weight excluding hydrogens is 307 g/mol. The molecule has 0 heterocycles. The van der Waals surface area contributed by atoms with Crippen LogP contribution in [-0.4, -0.2) is 41.8 Å². The molecule has 1 fully saturated rings. The molecule has 3 unspecified atom stereocenters. The van der Waals surface area contributed by atoms with E-state index in [-0.39, 0.29) is 17.2 Å². The number of hydrogen-bond donors (Lipinski definition) is 1. The maximum Gasteiger partial charge on any atom is 0.251 e. The summed E-state index contributed by atoms with van der Waals surface area (Å²) in [4.78, 5) is 13.5. The summed E-state index contributed by atoms with van der Waals surface area (Å²) in [7, 11) is 3.89. The minimum Gasteiger partial charge on any atom is -0.352 e. The summed E-state index contributed by atoms with van der Waals surface area (Å²) in [5.41, 5.74) is 0.667. The summed E-state index contributed by atoms with van der Waals surface area (Å²) < 4.78 is 0. The van der Waals surface area contributed by atoms with Gasteiger partial charge in [0, 0.05) is 18.0 Å². The van der Waals surface area contributed by atoms with E-state index in [4.69, 9.17) is 23.2 Å². The van der Waals surface area contributed by atoms with Crippen LogP contribution in [0, 0.1) is 5.92 Å². The van der Waals surface area contributed by atoms with Gasteiger partial charge in [-0.1, -0.05) is 36.2 Å². The number of carbonyl (C=O) groups excluding carboxylic acids is 1. The lowest BCUT2D eigenvalue weighted by molar-refractivity contribution is 0.0886. The second kappa shape index (κ2) is 6.99. The fraction of sp³-hybridized carbons (Fsp3) is 0.562. The van der Waals surface area contributed by atoms with Crippen LogP contribution in [0.15, 0.2) is 30.3 Å². The van der Waals surface area contributed by atoms with Gasteiger partial charge in [-0.3, -0.25) is 9.69 Å². The molecule has 0 radical (unpaired) electrons. The van der Waals surface area contributed by atoms with Crippen molar-refractivity contribution < 1.29 is 4.79 Å². The average Bonchev–Trinajstić information content (AvgIpc) is 2.49. The number of amides is 1. The van der Waals surface area contributed by atoms with E-state index in [9.17, 15) is 4.79 Å². The first kappa shape index (κ1) is 16.6. The van der Waals surface area contributed by atoms with Crippen LogP contribution >= 0.6 is 23.2 Å². The van der Waals surface area contributed by atoms with E-state index in [1.54, 1.807) is 12.1 Å². The van der Waals surface area contributed by atoms with Crippen LogP contribution in [0.25, 0.3) is 0 Å². The van der Waals surface area contributed by atoms with Crippen molar-refractivity contribution in [1.29, 1.82) is 0 Å². The van der Waals surface area contributed by atoms with Gasteiger partial charge in [0.05, 0.1) is 5.38 Å². The SMILES string of the molecule is CN(C)C1(Cl)C(Cl)CCCC1CNC(=O)c1ccccc1. The molecule has 0 aliphatic heterocycles. The molecule has 0 bridgehead atoms. The molecule has 3 atom stereocenters. The van der Waals surface area contributed by atoms with Gasteiger partial charge < -0.3 is 5.32 Å². The van der Waals surface area contributed by atoms with E-state index >= 15 is 0 Å². The summed E-state index contributed by atoms with van der Waals surface area (Å²) in [6.45, 7) is 0.540. The minimum absolute atomic E-state index is 0.0648. The molecule has 5 heteroatoms. The van der Waals surface area contributed by atoms with Gasteiger partial charge in [0.1, 0.15) is 5.00 Å². The third-order valence-electron chi connectivity index (χ3n) is 4.25. The zero-order chi connectivity index (χ0) is 15.5. The summed E-state index contributed by atoms with van der Waals surface area (Å²) in [6, 6.07) is 9.22. The molecule has 0 aromatic heterocycles. The fourth-order valence-electron chi connectivity index (χ4n) is 3.00. The average molecular weight is 329 g/mol. The van der Waals surface area contributed by atoms with Crippen LogP contribution in [0.3, 0.4) is 0 Å². The Hall–Kier alpha value is -0.770. The number of halogens is 2. The quantitative estimate of drug-likeness (QED) is 0.679. The van der Waals surface area contributed by atoms with Crippen molar-refractivity contribution >= 4 is 29.1 Å². The summed E-state index contributed by atoms with van der Waals surface area (Å²) in [5, 5.41) is 2.88. The number of alkyl halides is 2. The van der Waals surface area contributed by atoms with E-state index in [1.807, 2.05) is 37.2 Å². The highest BCUT2D eigenvalue weighted by Crippen LogP contribution is 2.43. The number of hydrogen-bond acceptors (Lipinski definition) is 2. The first-order valence-corrected chi connectivity index (χ1v) is 8.11. The highest BCUT2D eigenvalue weighted by Gasteiger charge is 2.47. The van der Waals surface area contributed by atoms with Crippen molar-refractivity contribution in [2.45, 2.75) is 29.6 Å². The smallest absolute Gasteiger partial charge is 0.251 e. The van der Waals surface area contributed by atoms with Crippen LogP contribution in [0.4, 0.5) is 0 Å². The molecule has 0 spiro atoms. The number of nitrogens with one attached hydrogen (secondary N) is 1. The molecule has 1 aromatic rings. The first-order chi connectivity index (χ1) is 9.96. The van der Waals surface area contributed by atoms with Gasteiger partial charge in [-0.25, -0.2) is 0 Å². The molecule has 21 heavy (non-hydrogen) atoms. The topological polar surface area (TPSA) is 32.3 Å². The van der Waals surface area contributed by atoms with Crippen LogP contribution in [0.5, 0.6) is 0 Å². The Bertz CT molecular complexity index is 480. The van der Waals surface area contributed by atoms with Gasteiger partial charge in [-0.15, -0.1) is 11.6 Å². The Morgan fingerprint density at radius 1 is 1.33 bits per heavy atom. The summed E-state index contributed by atoms with van der Waals surface area (Å²) in [6.07, 6.45) is 2.93. The van der Waals surface area contributed by atoms with Crippen LogP contribution in [0.2, 0.25) is 0 Å². The lowest BCUT2D eigenvalue weighted by Crippen LogP contribution is -2.57. The molecule has 1 aromatic carbocycles. The monoisotopic (exact) mass is 328 g/mol. The molecule has 1 amide bonds. The van der Waals surface area contributed by atoms with E-state index in [1.165, 1.54) is 0 Å². The Morgan fingerprint density at radius 3 is 2.62 bits per heavy atom.